The molecule has 0 heterocycles. The standard InChI is InChI=1S/C26H27Cl2N3O4S/c1-17(2)15-29-26(33)20-7-4-5-10-24(20)30-25(32)18-11-13-19(14-12-18)31(36(3,34)35)16-21-22(27)8-6-9-23(21)28/h4-14,17H,15-16H2,1-3H3,(H,29,33)(H,30,32). The summed E-state index contributed by atoms with van der Waals surface area (Å²) in [5, 5.41) is 6.31. The van der Waals surface area contributed by atoms with Crippen molar-refractivity contribution in [3.05, 3.63) is 93.5 Å². The molecule has 190 valence electrons. The van der Waals surface area contributed by atoms with Crippen molar-refractivity contribution in [2.24, 2.45) is 5.92 Å². The zero-order valence-electron chi connectivity index (χ0n) is 20.1. The van der Waals surface area contributed by atoms with Gasteiger partial charge in [-0.1, -0.05) is 55.2 Å². The summed E-state index contributed by atoms with van der Waals surface area (Å²) in [4.78, 5) is 25.5. The fourth-order valence-electron chi connectivity index (χ4n) is 3.38. The predicted molar refractivity (Wildman–Crippen MR) is 145 cm³/mol. The maximum absolute atomic E-state index is 12.9. The van der Waals surface area contributed by atoms with Crippen LogP contribution in [-0.4, -0.2) is 33.0 Å². The summed E-state index contributed by atoms with van der Waals surface area (Å²) < 4.78 is 26.2. The van der Waals surface area contributed by atoms with Crippen molar-refractivity contribution in [3.63, 3.8) is 0 Å². The zero-order valence-corrected chi connectivity index (χ0v) is 22.4. The van der Waals surface area contributed by atoms with Gasteiger partial charge in [-0.25, -0.2) is 8.42 Å². The maximum atomic E-state index is 12.9. The van der Waals surface area contributed by atoms with Gasteiger partial charge in [0.15, 0.2) is 0 Å². The van der Waals surface area contributed by atoms with Gasteiger partial charge in [0.1, 0.15) is 0 Å². The minimum Gasteiger partial charge on any atom is -0.352 e. The van der Waals surface area contributed by atoms with Gasteiger partial charge in [-0.2, -0.15) is 0 Å². The molecular formula is C26H27Cl2N3O4S. The van der Waals surface area contributed by atoms with Gasteiger partial charge in [0.2, 0.25) is 10.0 Å². The summed E-state index contributed by atoms with van der Waals surface area (Å²) in [5.74, 6) is -0.433. The summed E-state index contributed by atoms with van der Waals surface area (Å²) in [6, 6.07) is 17.8. The average Bonchev–Trinajstić information content (AvgIpc) is 2.82. The Balaban J connectivity index is 1.81. The zero-order chi connectivity index (χ0) is 26.5. The summed E-state index contributed by atoms with van der Waals surface area (Å²) in [7, 11) is -3.69. The van der Waals surface area contributed by atoms with Gasteiger partial charge in [-0.15, -0.1) is 0 Å². The first-order valence-electron chi connectivity index (χ1n) is 11.2. The highest BCUT2D eigenvalue weighted by atomic mass is 35.5. The molecule has 0 spiro atoms. The number of nitrogens with zero attached hydrogens (tertiary/aromatic N) is 1. The minimum absolute atomic E-state index is 0.0677. The van der Waals surface area contributed by atoms with Crippen LogP contribution in [0.4, 0.5) is 11.4 Å². The van der Waals surface area contributed by atoms with E-state index in [-0.39, 0.29) is 18.4 Å². The smallest absolute Gasteiger partial charge is 0.255 e. The molecule has 0 aromatic heterocycles. The van der Waals surface area contributed by atoms with E-state index in [9.17, 15) is 18.0 Å². The molecule has 0 aliphatic heterocycles. The number of nitrogens with one attached hydrogen (secondary N) is 2. The van der Waals surface area contributed by atoms with E-state index in [1.54, 1.807) is 42.5 Å². The number of carbonyl (C=O) groups excluding carboxylic acids is 2. The van der Waals surface area contributed by atoms with Crippen molar-refractivity contribution in [2.45, 2.75) is 20.4 Å². The van der Waals surface area contributed by atoms with Crippen LogP contribution >= 0.6 is 23.2 Å². The number of hydrogen-bond donors (Lipinski definition) is 2. The number of carbonyl (C=O) groups is 2. The molecule has 10 heteroatoms. The second-order valence-corrected chi connectivity index (χ2v) is 11.3. The van der Waals surface area contributed by atoms with E-state index >= 15 is 0 Å². The molecule has 36 heavy (non-hydrogen) atoms. The molecule has 2 amide bonds. The topological polar surface area (TPSA) is 95.6 Å². The number of halogens is 2. The lowest BCUT2D eigenvalue weighted by molar-refractivity contribution is 0.0950. The molecule has 0 aliphatic carbocycles. The van der Waals surface area contributed by atoms with E-state index in [4.69, 9.17) is 23.2 Å². The van der Waals surface area contributed by atoms with Crippen LogP contribution in [0.5, 0.6) is 0 Å². The molecular weight excluding hydrogens is 521 g/mol. The number of anilines is 2. The molecule has 0 saturated carbocycles. The molecule has 3 aromatic carbocycles. The van der Waals surface area contributed by atoms with E-state index < -0.39 is 15.9 Å². The molecule has 7 nitrogen and oxygen atoms in total. The summed E-state index contributed by atoms with van der Waals surface area (Å²) in [6.45, 7) is 4.43. The number of rotatable bonds is 9. The Morgan fingerprint density at radius 1 is 0.889 bits per heavy atom. The van der Waals surface area contributed by atoms with Gasteiger partial charge in [0.25, 0.3) is 11.8 Å². The lowest BCUT2D eigenvalue weighted by Crippen LogP contribution is -2.29. The van der Waals surface area contributed by atoms with Crippen LogP contribution in [0, 0.1) is 5.92 Å². The lowest BCUT2D eigenvalue weighted by atomic mass is 10.1. The highest BCUT2D eigenvalue weighted by molar-refractivity contribution is 7.92. The monoisotopic (exact) mass is 547 g/mol. The van der Waals surface area contributed by atoms with E-state index in [2.05, 4.69) is 10.6 Å². The molecule has 0 fully saturated rings. The normalized spacial score (nSPS) is 11.3. The van der Waals surface area contributed by atoms with Gasteiger partial charge in [0.05, 0.1) is 29.7 Å². The van der Waals surface area contributed by atoms with Crippen LogP contribution in [-0.2, 0) is 16.6 Å². The highest BCUT2D eigenvalue weighted by Gasteiger charge is 2.21. The van der Waals surface area contributed by atoms with Gasteiger partial charge in [-0.3, -0.25) is 13.9 Å². The molecule has 0 saturated heterocycles. The quantitative estimate of drug-likeness (QED) is 0.364. The number of benzene rings is 3. The van der Waals surface area contributed by atoms with Gasteiger partial charge < -0.3 is 10.6 Å². The van der Waals surface area contributed by atoms with Crippen molar-refractivity contribution in [1.29, 1.82) is 0 Å². The van der Waals surface area contributed by atoms with Gasteiger partial charge in [0, 0.05) is 27.7 Å². The van der Waals surface area contributed by atoms with Crippen molar-refractivity contribution in [1.82, 2.24) is 5.32 Å². The van der Waals surface area contributed by atoms with Gasteiger partial charge >= 0.3 is 0 Å². The van der Waals surface area contributed by atoms with E-state index in [1.807, 2.05) is 13.8 Å². The summed E-state index contributed by atoms with van der Waals surface area (Å²) >= 11 is 12.5. The first kappa shape index (κ1) is 27.5. The van der Waals surface area contributed by atoms with Crippen LogP contribution in [0.2, 0.25) is 10.0 Å². The van der Waals surface area contributed by atoms with Crippen molar-refractivity contribution in [3.8, 4) is 0 Å². The fraction of sp³-hybridized carbons (Fsp3) is 0.231. The minimum atomic E-state index is -3.69. The second-order valence-electron chi connectivity index (χ2n) is 8.62. The number of amides is 2. The van der Waals surface area contributed by atoms with E-state index in [0.29, 0.717) is 44.7 Å². The summed E-state index contributed by atoms with van der Waals surface area (Å²) in [6.07, 6.45) is 1.08. The second kappa shape index (κ2) is 11.8. The SMILES string of the molecule is CC(C)CNC(=O)c1ccccc1NC(=O)c1ccc(N(Cc2c(Cl)cccc2Cl)S(C)(=O)=O)cc1. The first-order chi connectivity index (χ1) is 17.0. The highest BCUT2D eigenvalue weighted by Crippen LogP contribution is 2.29. The third kappa shape index (κ3) is 7.00. The summed E-state index contributed by atoms with van der Waals surface area (Å²) in [5.41, 5.74) is 1.83. The predicted octanol–water partition coefficient (Wildman–Crippen LogP) is 5.60. The Labute approximate surface area is 221 Å². The van der Waals surface area contributed by atoms with Gasteiger partial charge in [-0.05, 0) is 54.4 Å². The Morgan fingerprint density at radius 3 is 2.08 bits per heavy atom. The first-order valence-corrected chi connectivity index (χ1v) is 13.8. The molecule has 0 bridgehead atoms. The van der Waals surface area contributed by atoms with E-state index in [1.165, 1.54) is 24.3 Å². The fourth-order valence-corrected chi connectivity index (χ4v) is 4.77. The molecule has 0 atom stereocenters. The van der Waals surface area contributed by atoms with Crippen LogP contribution in [0.25, 0.3) is 0 Å². The lowest BCUT2D eigenvalue weighted by Gasteiger charge is -2.23. The molecule has 3 aromatic rings. The number of para-hydroxylation sites is 1. The largest absolute Gasteiger partial charge is 0.352 e. The molecule has 0 radical (unpaired) electrons. The van der Waals surface area contributed by atoms with Crippen LogP contribution < -0.4 is 14.9 Å². The van der Waals surface area contributed by atoms with Crippen LogP contribution in [0.3, 0.4) is 0 Å². The number of sulfonamides is 1. The average molecular weight is 548 g/mol. The van der Waals surface area contributed by atoms with Crippen molar-refractivity contribution < 1.29 is 18.0 Å². The third-order valence-corrected chi connectivity index (χ3v) is 7.12. The third-order valence-electron chi connectivity index (χ3n) is 5.27. The molecule has 2 N–H and O–H groups in total. The Hall–Kier alpha value is -3.07. The Kier molecular flexibility index (Phi) is 9.00. The molecule has 3 rings (SSSR count). The Morgan fingerprint density at radius 2 is 1.50 bits per heavy atom. The maximum Gasteiger partial charge on any atom is 0.255 e. The van der Waals surface area contributed by atoms with E-state index in [0.717, 1.165) is 10.6 Å². The van der Waals surface area contributed by atoms with Crippen molar-refractivity contribution in [2.75, 3.05) is 22.4 Å². The van der Waals surface area contributed by atoms with Crippen LogP contribution in [0.1, 0.15) is 40.1 Å². The Bertz CT molecular complexity index is 1340. The number of hydrogen-bond acceptors (Lipinski definition) is 4. The molecule has 0 aliphatic rings. The molecule has 0 unspecified atom stereocenters. The van der Waals surface area contributed by atoms with Crippen LogP contribution in [0.15, 0.2) is 66.7 Å². The van der Waals surface area contributed by atoms with Crippen molar-refractivity contribution >= 4 is 56.4 Å².